The first-order valence-electron chi connectivity index (χ1n) is 5.49. The van der Waals surface area contributed by atoms with Crippen LogP contribution in [0, 0.1) is 17.1 Å². The van der Waals surface area contributed by atoms with Crippen molar-refractivity contribution in [2.45, 2.75) is 12.3 Å². The van der Waals surface area contributed by atoms with Crippen LogP contribution in [-0.4, -0.2) is 0 Å². The molecule has 0 saturated carbocycles. The van der Waals surface area contributed by atoms with Crippen molar-refractivity contribution in [1.29, 1.82) is 5.26 Å². The number of nitriles is 1. The Bertz CT molecular complexity index is 528. The molecule has 0 spiro atoms. The molecular formula is C15H12FN. The largest absolute Gasteiger partial charge is 0.207 e. The lowest BCUT2D eigenvalue weighted by Gasteiger charge is -2.10. The van der Waals surface area contributed by atoms with Gasteiger partial charge in [-0.2, -0.15) is 5.26 Å². The van der Waals surface area contributed by atoms with Crippen molar-refractivity contribution >= 4 is 0 Å². The van der Waals surface area contributed by atoms with E-state index < -0.39 is 5.92 Å². The summed E-state index contributed by atoms with van der Waals surface area (Å²) in [5, 5.41) is 9.15. The second-order valence-corrected chi connectivity index (χ2v) is 3.89. The third-order valence-corrected chi connectivity index (χ3v) is 2.72. The van der Waals surface area contributed by atoms with Crippen LogP contribution in [-0.2, 0) is 6.42 Å². The summed E-state index contributed by atoms with van der Waals surface area (Å²) in [7, 11) is 0. The average molecular weight is 225 g/mol. The van der Waals surface area contributed by atoms with E-state index in [0.29, 0.717) is 12.0 Å². The summed E-state index contributed by atoms with van der Waals surface area (Å²) >= 11 is 0. The quantitative estimate of drug-likeness (QED) is 0.781. The monoisotopic (exact) mass is 225 g/mol. The van der Waals surface area contributed by atoms with E-state index in [-0.39, 0.29) is 5.82 Å². The van der Waals surface area contributed by atoms with Gasteiger partial charge in [0.15, 0.2) is 0 Å². The van der Waals surface area contributed by atoms with Crippen LogP contribution >= 0.6 is 0 Å². The molecule has 0 amide bonds. The topological polar surface area (TPSA) is 23.8 Å². The van der Waals surface area contributed by atoms with Gasteiger partial charge in [-0.1, -0.05) is 48.5 Å². The SMILES string of the molecule is N#C[C@H](Cc1ccccc1)c1ccccc1F. The molecule has 0 unspecified atom stereocenters. The molecule has 0 aromatic heterocycles. The summed E-state index contributed by atoms with van der Waals surface area (Å²) < 4.78 is 13.6. The predicted octanol–water partition coefficient (Wildman–Crippen LogP) is 3.68. The van der Waals surface area contributed by atoms with Crippen LogP contribution in [0.5, 0.6) is 0 Å². The molecule has 17 heavy (non-hydrogen) atoms. The fourth-order valence-electron chi connectivity index (χ4n) is 1.83. The maximum absolute atomic E-state index is 13.6. The molecule has 2 heteroatoms. The van der Waals surface area contributed by atoms with Crippen molar-refractivity contribution in [3.8, 4) is 6.07 Å². The van der Waals surface area contributed by atoms with Crippen LogP contribution in [0.25, 0.3) is 0 Å². The van der Waals surface area contributed by atoms with Gasteiger partial charge < -0.3 is 0 Å². The summed E-state index contributed by atoms with van der Waals surface area (Å²) in [5.41, 5.74) is 1.51. The van der Waals surface area contributed by atoms with Gasteiger partial charge in [0.1, 0.15) is 5.82 Å². The number of nitrogens with zero attached hydrogens (tertiary/aromatic N) is 1. The summed E-state index contributed by atoms with van der Waals surface area (Å²) in [4.78, 5) is 0. The highest BCUT2D eigenvalue weighted by atomic mass is 19.1. The standard InChI is InChI=1S/C15H12FN/c16-15-9-5-4-8-14(15)13(11-17)10-12-6-2-1-3-7-12/h1-9,13H,10H2/t13-/m0/s1. The van der Waals surface area contributed by atoms with Gasteiger partial charge in [-0.3, -0.25) is 0 Å². The molecule has 0 saturated heterocycles. The smallest absolute Gasteiger partial charge is 0.127 e. The number of halogens is 1. The number of hydrogen-bond acceptors (Lipinski definition) is 1. The fourth-order valence-corrected chi connectivity index (χ4v) is 1.83. The maximum Gasteiger partial charge on any atom is 0.127 e. The Morgan fingerprint density at radius 2 is 1.65 bits per heavy atom. The minimum Gasteiger partial charge on any atom is -0.207 e. The lowest BCUT2D eigenvalue weighted by molar-refractivity contribution is 0.600. The Labute approximate surface area is 100 Å². The lowest BCUT2D eigenvalue weighted by atomic mass is 9.93. The molecule has 0 aliphatic carbocycles. The van der Waals surface area contributed by atoms with Crippen LogP contribution in [0.15, 0.2) is 54.6 Å². The second kappa shape index (κ2) is 5.27. The van der Waals surface area contributed by atoms with Gasteiger partial charge in [0, 0.05) is 5.56 Å². The minimum atomic E-state index is -0.432. The molecule has 2 aromatic rings. The fraction of sp³-hybridized carbons (Fsp3) is 0.133. The zero-order valence-electron chi connectivity index (χ0n) is 9.31. The van der Waals surface area contributed by atoms with Gasteiger partial charge in [0.05, 0.1) is 12.0 Å². The minimum absolute atomic E-state index is 0.310. The van der Waals surface area contributed by atoms with Crippen LogP contribution in [0.1, 0.15) is 17.0 Å². The van der Waals surface area contributed by atoms with Crippen molar-refractivity contribution in [3.63, 3.8) is 0 Å². The third kappa shape index (κ3) is 2.70. The van der Waals surface area contributed by atoms with Crippen molar-refractivity contribution < 1.29 is 4.39 Å². The molecule has 2 aromatic carbocycles. The van der Waals surface area contributed by atoms with Crippen molar-refractivity contribution in [1.82, 2.24) is 0 Å². The number of hydrogen-bond donors (Lipinski definition) is 0. The van der Waals surface area contributed by atoms with Crippen molar-refractivity contribution in [2.24, 2.45) is 0 Å². The average Bonchev–Trinajstić information content (AvgIpc) is 2.38. The van der Waals surface area contributed by atoms with Gasteiger partial charge >= 0.3 is 0 Å². The Hall–Kier alpha value is -2.14. The van der Waals surface area contributed by atoms with Crippen molar-refractivity contribution in [2.75, 3.05) is 0 Å². The van der Waals surface area contributed by atoms with E-state index in [4.69, 9.17) is 5.26 Å². The van der Waals surface area contributed by atoms with E-state index in [1.807, 2.05) is 30.3 Å². The van der Waals surface area contributed by atoms with E-state index in [0.717, 1.165) is 5.56 Å². The second-order valence-electron chi connectivity index (χ2n) is 3.89. The Morgan fingerprint density at radius 1 is 1.00 bits per heavy atom. The van der Waals surface area contributed by atoms with Crippen LogP contribution in [0.4, 0.5) is 4.39 Å². The van der Waals surface area contributed by atoms with Gasteiger partial charge in [-0.15, -0.1) is 0 Å². The molecule has 1 atom stereocenters. The zero-order chi connectivity index (χ0) is 12.1. The highest BCUT2D eigenvalue weighted by Crippen LogP contribution is 2.22. The first-order chi connectivity index (χ1) is 8.31. The van der Waals surface area contributed by atoms with E-state index in [9.17, 15) is 4.39 Å². The van der Waals surface area contributed by atoms with E-state index >= 15 is 0 Å². The number of rotatable bonds is 3. The Kier molecular flexibility index (Phi) is 3.52. The first kappa shape index (κ1) is 11.3. The molecular weight excluding hydrogens is 213 g/mol. The molecule has 0 fully saturated rings. The number of benzene rings is 2. The summed E-state index contributed by atoms with van der Waals surface area (Å²) in [6.45, 7) is 0. The summed E-state index contributed by atoms with van der Waals surface area (Å²) in [6.07, 6.45) is 0.540. The van der Waals surface area contributed by atoms with Gasteiger partial charge in [-0.25, -0.2) is 4.39 Å². The molecule has 2 rings (SSSR count). The molecule has 0 heterocycles. The van der Waals surface area contributed by atoms with Crippen LogP contribution < -0.4 is 0 Å². The van der Waals surface area contributed by atoms with Crippen molar-refractivity contribution in [3.05, 3.63) is 71.5 Å². The van der Waals surface area contributed by atoms with Gasteiger partial charge in [0.25, 0.3) is 0 Å². The highest BCUT2D eigenvalue weighted by Gasteiger charge is 2.14. The lowest BCUT2D eigenvalue weighted by Crippen LogP contribution is -2.02. The maximum atomic E-state index is 13.6. The molecule has 0 bridgehead atoms. The molecule has 0 aliphatic rings. The van der Waals surface area contributed by atoms with Gasteiger partial charge in [-0.05, 0) is 18.1 Å². The first-order valence-corrected chi connectivity index (χ1v) is 5.49. The summed E-state index contributed by atoms with van der Waals surface area (Å²) in [6, 6.07) is 18.3. The predicted molar refractivity (Wildman–Crippen MR) is 64.9 cm³/mol. The third-order valence-electron chi connectivity index (χ3n) is 2.72. The van der Waals surface area contributed by atoms with E-state index in [2.05, 4.69) is 6.07 Å². The van der Waals surface area contributed by atoms with Gasteiger partial charge in [0.2, 0.25) is 0 Å². The molecule has 1 nitrogen and oxygen atoms in total. The molecule has 84 valence electrons. The highest BCUT2D eigenvalue weighted by molar-refractivity contribution is 5.29. The Balaban J connectivity index is 2.25. The van der Waals surface area contributed by atoms with E-state index in [1.54, 1.807) is 18.2 Å². The summed E-state index contributed by atoms with van der Waals surface area (Å²) in [5.74, 6) is -0.742. The molecule has 0 radical (unpaired) electrons. The van der Waals surface area contributed by atoms with Crippen LogP contribution in [0.2, 0.25) is 0 Å². The molecule has 0 aliphatic heterocycles. The van der Waals surface area contributed by atoms with E-state index in [1.165, 1.54) is 6.07 Å². The Morgan fingerprint density at radius 3 is 2.29 bits per heavy atom. The molecule has 0 N–H and O–H groups in total. The van der Waals surface area contributed by atoms with Crippen LogP contribution in [0.3, 0.4) is 0 Å². The normalized spacial score (nSPS) is 11.8. The zero-order valence-corrected chi connectivity index (χ0v) is 9.31.